The quantitative estimate of drug-likeness (QED) is 0.669. The van der Waals surface area contributed by atoms with Gasteiger partial charge in [-0.15, -0.1) is 11.8 Å². The summed E-state index contributed by atoms with van der Waals surface area (Å²) < 4.78 is 0. The summed E-state index contributed by atoms with van der Waals surface area (Å²) in [4.78, 5) is 25.0. The van der Waals surface area contributed by atoms with E-state index in [1.165, 1.54) is 11.8 Å². The first-order valence-corrected chi connectivity index (χ1v) is 8.31. The molecule has 0 fully saturated rings. The van der Waals surface area contributed by atoms with Gasteiger partial charge in [0.1, 0.15) is 0 Å². The van der Waals surface area contributed by atoms with E-state index >= 15 is 0 Å². The number of amides is 2. The van der Waals surface area contributed by atoms with Crippen molar-refractivity contribution in [3.8, 4) is 0 Å². The third-order valence-corrected chi connectivity index (χ3v) is 4.56. The number of benzene rings is 2. The number of thioether (sulfide) groups is 1. The molecule has 2 amide bonds. The largest absolute Gasteiger partial charge is 0.272 e. The number of hydrogen-bond donors (Lipinski definition) is 2. The van der Waals surface area contributed by atoms with Gasteiger partial charge in [0.2, 0.25) is 5.91 Å². The van der Waals surface area contributed by atoms with E-state index in [9.17, 15) is 9.59 Å². The fraction of sp³-hybridized carbons (Fsp3) is 0.222. The summed E-state index contributed by atoms with van der Waals surface area (Å²) in [5.41, 5.74) is 8.61. The van der Waals surface area contributed by atoms with Crippen LogP contribution in [0.3, 0.4) is 0 Å². The summed E-state index contributed by atoms with van der Waals surface area (Å²) in [6.45, 7) is 5.89. The molecule has 23 heavy (non-hydrogen) atoms. The van der Waals surface area contributed by atoms with Crippen LogP contribution in [0.5, 0.6) is 0 Å². The Balaban J connectivity index is 1.85. The molecule has 2 aromatic carbocycles. The van der Waals surface area contributed by atoms with Crippen LogP contribution in [0.4, 0.5) is 0 Å². The third kappa shape index (κ3) is 4.86. The molecule has 5 heteroatoms. The van der Waals surface area contributed by atoms with Crippen molar-refractivity contribution in [2.45, 2.75) is 25.7 Å². The molecule has 0 bridgehead atoms. The number of carbonyl (C=O) groups excluding carboxylic acids is 2. The second kappa shape index (κ2) is 7.83. The van der Waals surface area contributed by atoms with Crippen LogP contribution in [0.15, 0.2) is 47.4 Å². The van der Waals surface area contributed by atoms with Gasteiger partial charge in [-0.25, -0.2) is 0 Å². The van der Waals surface area contributed by atoms with E-state index in [0.717, 1.165) is 21.6 Å². The molecule has 0 heterocycles. The maximum absolute atomic E-state index is 12.0. The van der Waals surface area contributed by atoms with Crippen molar-refractivity contribution in [2.75, 3.05) is 5.75 Å². The first-order valence-electron chi connectivity index (χ1n) is 7.32. The number of aryl methyl sites for hydroxylation is 3. The maximum atomic E-state index is 12.0. The second-order valence-corrected chi connectivity index (χ2v) is 6.39. The maximum Gasteiger partial charge on any atom is 0.269 e. The number of rotatable bonds is 4. The van der Waals surface area contributed by atoms with Gasteiger partial charge >= 0.3 is 0 Å². The molecular formula is C18H20N2O2S. The van der Waals surface area contributed by atoms with Gasteiger partial charge in [0, 0.05) is 10.5 Å². The summed E-state index contributed by atoms with van der Waals surface area (Å²) >= 11 is 1.46. The van der Waals surface area contributed by atoms with Gasteiger partial charge in [-0.2, -0.15) is 0 Å². The average molecular weight is 328 g/mol. The van der Waals surface area contributed by atoms with Gasteiger partial charge in [-0.05, 0) is 44.0 Å². The number of hydrogen-bond acceptors (Lipinski definition) is 3. The minimum absolute atomic E-state index is 0.238. The van der Waals surface area contributed by atoms with E-state index in [2.05, 4.69) is 16.9 Å². The molecule has 0 aliphatic rings. The lowest BCUT2D eigenvalue weighted by Crippen LogP contribution is -2.42. The van der Waals surface area contributed by atoms with E-state index < -0.39 is 0 Å². The molecule has 0 saturated carbocycles. The van der Waals surface area contributed by atoms with Crippen molar-refractivity contribution in [3.63, 3.8) is 0 Å². The number of hydrazine groups is 1. The standard InChI is InChI=1S/C18H20N2O2S/c1-12-8-9-14(3)16(10-12)23-11-17(21)19-20-18(22)15-7-5-4-6-13(15)2/h4-10H,11H2,1-3H3,(H,19,21)(H,20,22). The van der Waals surface area contributed by atoms with Crippen molar-refractivity contribution in [1.82, 2.24) is 10.9 Å². The molecule has 0 atom stereocenters. The molecule has 0 saturated heterocycles. The highest BCUT2D eigenvalue weighted by Crippen LogP contribution is 2.23. The molecule has 0 unspecified atom stereocenters. The third-order valence-electron chi connectivity index (χ3n) is 3.41. The zero-order valence-corrected chi connectivity index (χ0v) is 14.3. The van der Waals surface area contributed by atoms with E-state index in [0.29, 0.717) is 5.56 Å². The van der Waals surface area contributed by atoms with E-state index in [-0.39, 0.29) is 17.6 Å². The Bertz CT molecular complexity index is 729. The minimum atomic E-state index is -0.312. The van der Waals surface area contributed by atoms with Crippen molar-refractivity contribution in [2.24, 2.45) is 0 Å². The average Bonchev–Trinajstić information content (AvgIpc) is 2.54. The van der Waals surface area contributed by atoms with Crippen LogP contribution in [0.2, 0.25) is 0 Å². The molecule has 2 N–H and O–H groups in total. The molecule has 0 aliphatic heterocycles. The molecule has 0 aromatic heterocycles. The lowest BCUT2D eigenvalue weighted by Gasteiger charge is -2.10. The fourth-order valence-corrected chi connectivity index (χ4v) is 2.99. The molecule has 0 spiro atoms. The molecule has 2 rings (SSSR count). The number of nitrogens with one attached hydrogen (secondary N) is 2. The Morgan fingerprint density at radius 3 is 2.43 bits per heavy atom. The van der Waals surface area contributed by atoms with Gasteiger partial charge in [-0.1, -0.05) is 35.9 Å². The Hall–Kier alpha value is -2.27. The second-order valence-electron chi connectivity index (χ2n) is 5.37. The van der Waals surface area contributed by atoms with Crippen LogP contribution in [-0.2, 0) is 4.79 Å². The summed E-state index contributed by atoms with van der Waals surface area (Å²) in [5, 5.41) is 0. The molecule has 2 aromatic rings. The van der Waals surface area contributed by atoms with Gasteiger partial charge < -0.3 is 0 Å². The molecule has 4 nitrogen and oxygen atoms in total. The van der Waals surface area contributed by atoms with Crippen molar-refractivity contribution in [3.05, 3.63) is 64.7 Å². The highest BCUT2D eigenvalue weighted by atomic mass is 32.2. The first kappa shape index (κ1) is 17.1. The molecular weight excluding hydrogens is 308 g/mol. The first-order chi connectivity index (χ1) is 11.0. The predicted octanol–water partition coefficient (Wildman–Crippen LogP) is 3.17. The van der Waals surface area contributed by atoms with Gasteiger partial charge in [-0.3, -0.25) is 20.4 Å². The van der Waals surface area contributed by atoms with E-state index in [4.69, 9.17) is 0 Å². The van der Waals surface area contributed by atoms with Crippen molar-refractivity contribution in [1.29, 1.82) is 0 Å². The number of carbonyl (C=O) groups is 2. The zero-order chi connectivity index (χ0) is 16.8. The van der Waals surface area contributed by atoms with Gasteiger partial charge in [0.15, 0.2) is 0 Å². The van der Waals surface area contributed by atoms with Crippen LogP contribution < -0.4 is 10.9 Å². The zero-order valence-electron chi connectivity index (χ0n) is 13.5. The van der Waals surface area contributed by atoms with Crippen LogP contribution >= 0.6 is 11.8 Å². The Morgan fingerprint density at radius 2 is 1.70 bits per heavy atom. The van der Waals surface area contributed by atoms with Crippen LogP contribution in [0.25, 0.3) is 0 Å². The normalized spacial score (nSPS) is 10.2. The van der Waals surface area contributed by atoms with Crippen LogP contribution in [0.1, 0.15) is 27.0 Å². The molecule has 120 valence electrons. The van der Waals surface area contributed by atoms with Crippen LogP contribution in [-0.4, -0.2) is 17.6 Å². The highest BCUT2D eigenvalue weighted by Gasteiger charge is 2.10. The highest BCUT2D eigenvalue weighted by molar-refractivity contribution is 8.00. The summed E-state index contributed by atoms with van der Waals surface area (Å²) in [5.74, 6) is -0.302. The lowest BCUT2D eigenvalue weighted by molar-refractivity contribution is -0.119. The smallest absolute Gasteiger partial charge is 0.269 e. The lowest BCUT2D eigenvalue weighted by atomic mass is 10.1. The topological polar surface area (TPSA) is 58.2 Å². The minimum Gasteiger partial charge on any atom is -0.272 e. The SMILES string of the molecule is Cc1ccc(C)c(SCC(=O)NNC(=O)c2ccccc2C)c1. The Labute approximate surface area is 140 Å². The predicted molar refractivity (Wildman–Crippen MR) is 93.4 cm³/mol. The fourth-order valence-electron chi connectivity index (χ4n) is 2.06. The molecule has 0 aliphatic carbocycles. The summed E-state index contributed by atoms with van der Waals surface area (Å²) in [6.07, 6.45) is 0. The van der Waals surface area contributed by atoms with Crippen LogP contribution in [0, 0.1) is 20.8 Å². The molecule has 0 radical (unpaired) electrons. The van der Waals surface area contributed by atoms with E-state index in [1.807, 2.05) is 45.0 Å². The van der Waals surface area contributed by atoms with Gasteiger partial charge in [0.25, 0.3) is 5.91 Å². The van der Waals surface area contributed by atoms with Crippen molar-refractivity contribution < 1.29 is 9.59 Å². The Morgan fingerprint density at radius 1 is 0.957 bits per heavy atom. The van der Waals surface area contributed by atoms with Gasteiger partial charge in [0.05, 0.1) is 5.75 Å². The monoisotopic (exact) mass is 328 g/mol. The summed E-state index contributed by atoms with van der Waals surface area (Å²) in [7, 11) is 0. The Kier molecular flexibility index (Phi) is 5.82. The van der Waals surface area contributed by atoms with Crippen molar-refractivity contribution >= 4 is 23.6 Å². The van der Waals surface area contributed by atoms with E-state index in [1.54, 1.807) is 12.1 Å². The summed E-state index contributed by atoms with van der Waals surface area (Å²) in [6, 6.07) is 13.4.